The molecule has 3 nitrogen and oxygen atoms in total. The van der Waals surface area contributed by atoms with Gasteiger partial charge in [-0.3, -0.25) is 4.79 Å². The average molecular weight is 284 g/mol. The molecule has 0 fully saturated rings. The van der Waals surface area contributed by atoms with Crippen molar-refractivity contribution in [3.05, 3.63) is 21.9 Å². The van der Waals surface area contributed by atoms with E-state index in [1.54, 1.807) is 11.3 Å². The lowest BCUT2D eigenvalue weighted by Crippen LogP contribution is -2.42. The lowest BCUT2D eigenvalue weighted by atomic mass is 10.1. The first-order valence-electron chi connectivity index (χ1n) is 6.09. The van der Waals surface area contributed by atoms with Crippen molar-refractivity contribution in [2.75, 3.05) is 0 Å². The third kappa shape index (κ3) is 4.38. The number of hydrogen-bond donors (Lipinski definition) is 2. The Kier molecular flexibility index (Phi) is 5.75. The van der Waals surface area contributed by atoms with Gasteiger partial charge in [-0.15, -0.1) is 11.3 Å². The predicted octanol–water partition coefficient (Wildman–Crippen LogP) is 2.42. The molecule has 18 heavy (non-hydrogen) atoms. The lowest BCUT2D eigenvalue weighted by Gasteiger charge is -2.18. The molecule has 1 aromatic rings. The molecule has 0 aliphatic rings. The summed E-state index contributed by atoms with van der Waals surface area (Å²) in [6, 6.07) is 4.30. The molecule has 1 aromatic heterocycles. The van der Waals surface area contributed by atoms with Crippen molar-refractivity contribution >= 4 is 34.5 Å². The maximum Gasteiger partial charge on any atom is 0.230 e. The number of nitrogens with two attached hydrogens (primary N) is 1. The number of amides is 1. The Morgan fingerprint density at radius 1 is 1.56 bits per heavy atom. The summed E-state index contributed by atoms with van der Waals surface area (Å²) in [4.78, 5) is 14.8. The average Bonchev–Trinajstić information content (AvgIpc) is 2.63. The Hall–Kier alpha value is -0.940. The Morgan fingerprint density at radius 2 is 2.22 bits per heavy atom. The van der Waals surface area contributed by atoms with Crippen molar-refractivity contribution in [1.82, 2.24) is 5.32 Å². The lowest BCUT2D eigenvalue weighted by molar-refractivity contribution is -0.123. The second-order valence-corrected chi connectivity index (χ2v) is 6.33. The van der Waals surface area contributed by atoms with Gasteiger partial charge in [-0.1, -0.05) is 19.1 Å². The van der Waals surface area contributed by atoms with Crippen LogP contribution in [0.3, 0.4) is 0 Å². The topological polar surface area (TPSA) is 55.1 Å². The van der Waals surface area contributed by atoms with Crippen molar-refractivity contribution in [3.8, 4) is 0 Å². The Balaban J connectivity index is 2.51. The first kappa shape index (κ1) is 15.1. The van der Waals surface area contributed by atoms with Crippen LogP contribution in [0.15, 0.2) is 12.1 Å². The van der Waals surface area contributed by atoms with Gasteiger partial charge in [0.25, 0.3) is 0 Å². The summed E-state index contributed by atoms with van der Waals surface area (Å²) in [6.07, 6.45) is 1.49. The van der Waals surface area contributed by atoms with Gasteiger partial charge >= 0.3 is 0 Å². The number of thiophene rings is 1. The fraction of sp³-hybridized carbons (Fsp3) is 0.538. The van der Waals surface area contributed by atoms with Crippen LogP contribution in [0.2, 0.25) is 0 Å². The number of hydrogen-bond acceptors (Lipinski definition) is 3. The Morgan fingerprint density at radius 3 is 2.67 bits per heavy atom. The summed E-state index contributed by atoms with van der Waals surface area (Å²) >= 11 is 6.66. The van der Waals surface area contributed by atoms with Crippen LogP contribution in [0, 0.1) is 12.8 Å². The van der Waals surface area contributed by atoms with Crippen LogP contribution in [0.5, 0.6) is 0 Å². The highest BCUT2D eigenvalue weighted by Gasteiger charge is 2.20. The highest BCUT2D eigenvalue weighted by molar-refractivity contribution is 7.80. The van der Waals surface area contributed by atoms with E-state index in [1.165, 1.54) is 9.75 Å². The first-order valence-corrected chi connectivity index (χ1v) is 7.31. The second kappa shape index (κ2) is 6.85. The summed E-state index contributed by atoms with van der Waals surface area (Å²) in [5.74, 6) is -0.418. The molecule has 2 atom stereocenters. The minimum Gasteiger partial charge on any atom is -0.393 e. The van der Waals surface area contributed by atoms with Gasteiger partial charge in [0, 0.05) is 22.2 Å². The van der Waals surface area contributed by atoms with Gasteiger partial charge in [0.2, 0.25) is 5.91 Å². The molecular weight excluding hydrogens is 264 g/mol. The smallest absolute Gasteiger partial charge is 0.230 e. The standard InChI is InChI=1S/C13H20N2OS2/c1-4-11(12(14)17)13(16)15-8(2)7-10-6-5-9(3)18-10/h5-6,8,11H,4,7H2,1-3H3,(H2,14,17)(H,15,16). The van der Waals surface area contributed by atoms with Gasteiger partial charge in [0.15, 0.2) is 0 Å². The molecular formula is C13H20N2OS2. The van der Waals surface area contributed by atoms with Gasteiger partial charge in [0.1, 0.15) is 0 Å². The molecule has 1 rings (SSSR count). The van der Waals surface area contributed by atoms with E-state index in [9.17, 15) is 4.79 Å². The van der Waals surface area contributed by atoms with E-state index in [0.717, 1.165) is 6.42 Å². The molecule has 5 heteroatoms. The van der Waals surface area contributed by atoms with Crippen molar-refractivity contribution in [2.45, 2.75) is 39.7 Å². The van der Waals surface area contributed by atoms with Gasteiger partial charge in [0.05, 0.1) is 10.9 Å². The summed E-state index contributed by atoms with van der Waals surface area (Å²) in [5, 5.41) is 2.97. The van der Waals surface area contributed by atoms with Crippen LogP contribution < -0.4 is 11.1 Å². The fourth-order valence-corrected chi connectivity index (χ4v) is 3.10. The van der Waals surface area contributed by atoms with Crippen LogP contribution >= 0.6 is 23.6 Å². The third-order valence-electron chi connectivity index (χ3n) is 2.76. The molecule has 2 unspecified atom stereocenters. The number of nitrogens with one attached hydrogen (secondary N) is 1. The number of aryl methyl sites for hydroxylation is 1. The molecule has 0 spiro atoms. The quantitative estimate of drug-likeness (QED) is 0.789. The van der Waals surface area contributed by atoms with Crippen molar-refractivity contribution < 1.29 is 4.79 Å². The number of thiocarbonyl (C=S) groups is 1. The summed E-state index contributed by atoms with van der Waals surface area (Å²) in [6.45, 7) is 5.99. The molecule has 0 bridgehead atoms. The van der Waals surface area contributed by atoms with Crippen LogP contribution in [0.4, 0.5) is 0 Å². The minimum absolute atomic E-state index is 0.0641. The summed E-state index contributed by atoms with van der Waals surface area (Å²) < 4.78 is 0. The van der Waals surface area contributed by atoms with E-state index in [-0.39, 0.29) is 22.9 Å². The van der Waals surface area contributed by atoms with Gasteiger partial charge in [-0.2, -0.15) is 0 Å². The molecule has 0 saturated heterocycles. The third-order valence-corrected chi connectivity index (χ3v) is 4.07. The van der Waals surface area contributed by atoms with Crippen molar-refractivity contribution in [3.63, 3.8) is 0 Å². The molecule has 0 saturated carbocycles. The Labute approximate surface area is 118 Å². The van der Waals surface area contributed by atoms with E-state index in [0.29, 0.717) is 6.42 Å². The zero-order valence-corrected chi connectivity index (χ0v) is 12.7. The van der Waals surface area contributed by atoms with E-state index >= 15 is 0 Å². The molecule has 0 radical (unpaired) electrons. The van der Waals surface area contributed by atoms with Gasteiger partial charge in [-0.05, 0) is 32.4 Å². The van der Waals surface area contributed by atoms with Crippen molar-refractivity contribution in [1.29, 1.82) is 0 Å². The normalized spacial score (nSPS) is 13.9. The first-order chi connectivity index (χ1) is 8.43. The zero-order valence-electron chi connectivity index (χ0n) is 11.0. The maximum atomic E-state index is 11.9. The molecule has 100 valence electrons. The van der Waals surface area contributed by atoms with E-state index in [4.69, 9.17) is 18.0 Å². The second-order valence-electron chi connectivity index (χ2n) is 4.49. The van der Waals surface area contributed by atoms with E-state index < -0.39 is 0 Å². The molecule has 1 heterocycles. The van der Waals surface area contributed by atoms with Gasteiger partial charge < -0.3 is 11.1 Å². The zero-order chi connectivity index (χ0) is 13.7. The number of carbonyl (C=O) groups is 1. The molecule has 0 aromatic carbocycles. The molecule has 1 amide bonds. The highest BCUT2D eigenvalue weighted by atomic mass is 32.1. The summed E-state index contributed by atoms with van der Waals surface area (Å²) in [7, 11) is 0. The van der Waals surface area contributed by atoms with E-state index in [2.05, 4.69) is 24.4 Å². The molecule has 0 aliphatic carbocycles. The molecule has 3 N–H and O–H groups in total. The maximum absolute atomic E-state index is 11.9. The molecule has 0 aliphatic heterocycles. The van der Waals surface area contributed by atoms with Gasteiger partial charge in [-0.25, -0.2) is 0 Å². The fourth-order valence-electron chi connectivity index (χ4n) is 1.81. The predicted molar refractivity (Wildman–Crippen MR) is 80.9 cm³/mol. The van der Waals surface area contributed by atoms with Crippen LogP contribution in [-0.2, 0) is 11.2 Å². The van der Waals surface area contributed by atoms with Crippen LogP contribution in [0.25, 0.3) is 0 Å². The van der Waals surface area contributed by atoms with Crippen LogP contribution in [0.1, 0.15) is 30.0 Å². The highest BCUT2D eigenvalue weighted by Crippen LogP contribution is 2.17. The van der Waals surface area contributed by atoms with Crippen molar-refractivity contribution in [2.24, 2.45) is 11.7 Å². The monoisotopic (exact) mass is 284 g/mol. The minimum atomic E-state index is -0.354. The Bertz CT molecular complexity index is 428. The van der Waals surface area contributed by atoms with Crippen LogP contribution in [-0.4, -0.2) is 16.9 Å². The largest absolute Gasteiger partial charge is 0.393 e. The van der Waals surface area contributed by atoms with E-state index in [1.807, 2.05) is 13.8 Å². The SMILES string of the molecule is CCC(C(=O)NC(C)Cc1ccc(C)s1)C(N)=S. The summed E-state index contributed by atoms with van der Waals surface area (Å²) in [5.41, 5.74) is 5.55. The number of carbonyl (C=O) groups excluding carboxylic acids is 1. The number of rotatable bonds is 6.